The van der Waals surface area contributed by atoms with Gasteiger partial charge in [-0.25, -0.2) is 0 Å². The van der Waals surface area contributed by atoms with E-state index in [0.29, 0.717) is 6.54 Å². The summed E-state index contributed by atoms with van der Waals surface area (Å²) in [5, 5.41) is 2.87. The molecule has 0 heterocycles. The number of rotatable bonds is 6. The van der Waals surface area contributed by atoms with Gasteiger partial charge in [0.2, 0.25) is 11.8 Å². The molecule has 5 heteroatoms. The molecule has 22 heavy (non-hydrogen) atoms. The molecule has 1 N–H and O–H groups in total. The molecule has 1 saturated carbocycles. The maximum absolute atomic E-state index is 12.1. The van der Waals surface area contributed by atoms with Crippen molar-refractivity contribution in [1.82, 2.24) is 10.2 Å². The van der Waals surface area contributed by atoms with E-state index in [4.69, 9.17) is 4.74 Å². The van der Waals surface area contributed by atoms with E-state index >= 15 is 0 Å². The molecule has 0 atom stereocenters. The van der Waals surface area contributed by atoms with Gasteiger partial charge in [0.1, 0.15) is 5.75 Å². The molecule has 1 fully saturated rings. The lowest BCUT2D eigenvalue weighted by atomic mass is 10.2. The quantitative estimate of drug-likeness (QED) is 0.875. The Morgan fingerprint density at radius 1 is 1.27 bits per heavy atom. The van der Waals surface area contributed by atoms with Gasteiger partial charge in [-0.1, -0.05) is 31.0 Å². The first-order chi connectivity index (χ1) is 10.6. The number of benzene rings is 1. The maximum atomic E-state index is 12.1. The number of carbonyl (C=O) groups excluding carboxylic acids is 2. The number of hydrogen-bond donors (Lipinski definition) is 1. The second kappa shape index (κ2) is 7.82. The van der Waals surface area contributed by atoms with Crippen LogP contribution in [0.3, 0.4) is 0 Å². The highest BCUT2D eigenvalue weighted by Gasteiger charge is 2.26. The third-order valence-corrected chi connectivity index (χ3v) is 4.15. The lowest BCUT2D eigenvalue weighted by molar-refractivity contribution is -0.136. The van der Waals surface area contributed by atoms with E-state index < -0.39 is 0 Å². The first kappa shape index (κ1) is 16.3. The molecule has 0 radical (unpaired) electrons. The summed E-state index contributed by atoms with van der Waals surface area (Å²) in [6.45, 7) is 2.07. The number of methoxy groups -OCH3 is 1. The Hall–Kier alpha value is -2.04. The first-order valence-electron chi connectivity index (χ1n) is 7.77. The zero-order valence-electron chi connectivity index (χ0n) is 13.3. The number of para-hydroxylation sites is 1. The second-order valence-electron chi connectivity index (χ2n) is 5.67. The standard InChI is InChI=1S/C17H24N2O3/c1-13(20)19(15-8-4-5-9-15)12-17(21)18-11-14-7-3-6-10-16(14)22-2/h3,6-7,10,15H,4-5,8-9,11-12H2,1-2H3,(H,18,21). The average molecular weight is 304 g/mol. The number of ether oxygens (including phenoxy) is 1. The fraction of sp³-hybridized carbons (Fsp3) is 0.529. The van der Waals surface area contributed by atoms with E-state index in [-0.39, 0.29) is 24.4 Å². The molecule has 120 valence electrons. The van der Waals surface area contributed by atoms with E-state index in [1.807, 2.05) is 24.3 Å². The van der Waals surface area contributed by atoms with Crippen LogP contribution in [0.25, 0.3) is 0 Å². The van der Waals surface area contributed by atoms with Crippen molar-refractivity contribution in [3.8, 4) is 5.75 Å². The number of carbonyl (C=O) groups is 2. The average Bonchev–Trinajstić information content (AvgIpc) is 3.04. The molecule has 0 aromatic heterocycles. The van der Waals surface area contributed by atoms with Gasteiger partial charge in [0, 0.05) is 25.1 Å². The molecular weight excluding hydrogens is 280 g/mol. The Kier molecular flexibility index (Phi) is 5.81. The number of hydrogen-bond acceptors (Lipinski definition) is 3. The lowest BCUT2D eigenvalue weighted by Crippen LogP contribution is -2.44. The molecule has 0 unspecified atom stereocenters. The van der Waals surface area contributed by atoms with Gasteiger partial charge in [-0.05, 0) is 18.9 Å². The highest BCUT2D eigenvalue weighted by Crippen LogP contribution is 2.23. The molecule has 1 aromatic carbocycles. The van der Waals surface area contributed by atoms with Crippen LogP contribution in [0.15, 0.2) is 24.3 Å². The Bertz CT molecular complexity index is 524. The number of nitrogens with zero attached hydrogens (tertiary/aromatic N) is 1. The van der Waals surface area contributed by atoms with E-state index in [1.54, 1.807) is 12.0 Å². The second-order valence-corrected chi connectivity index (χ2v) is 5.67. The maximum Gasteiger partial charge on any atom is 0.239 e. The summed E-state index contributed by atoms with van der Waals surface area (Å²) in [6.07, 6.45) is 4.27. The van der Waals surface area contributed by atoms with Gasteiger partial charge in [-0.2, -0.15) is 0 Å². The first-order valence-corrected chi connectivity index (χ1v) is 7.77. The van der Waals surface area contributed by atoms with Gasteiger partial charge in [0.15, 0.2) is 0 Å². The molecule has 2 amide bonds. The van der Waals surface area contributed by atoms with Crippen LogP contribution < -0.4 is 10.1 Å². The summed E-state index contributed by atoms with van der Waals surface area (Å²) < 4.78 is 5.26. The van der Waals surface area contributed by atoms with E-state index in [9.17, 15) is 9.59 Å². The topological polar surface area (TPSA) is 58.6 Å². The van der Waals surface area contributed by atoms with Gasteiger partial charge < -0.3 is 15.0 Å². The molecule has 0 aliphatic heterocycles. The van der Waals surface area contributed by atoms with Crippen LogP contribution in [0.1, 0.15) is 38.2 Å². The van der Waals surface area contributed by atoms with Gasteiger partial charge in [-0.15, -0.1) is 0 Å². The molecule has 1 aliphatic carbocycles. The van der Waals surface area contributed by atoms with Crippen molar-refractivity contribution in [3.63, 3.8) is 0 Å². The molecule has 5 nitrogen and oxygen atoms in total. The van der Waals surface area contributed by atoms with Crippen molar-refractivity contribution >= 4 is 11.8 Å². The van der Waals surface area contributed by atoms with Crippen molar-refractivity contribution in [2.75, 3.05) is 13.7 Å². The van der Waals surface area contributed by atoms with Crippen molar-refractivity contribution < 1.29 is 14.3 Å². The van der Waals surface area contributed by atoms with Gasteiger partial charge in [-0.3, -0.25) is 9.59 Å². The minimum absolute atomic E-state index is 0.0284. The summed E-state index contributed by atoms with van der Waals surface area (Å²) in [6, 6.07) is 7.79. The highest BCUT2D eigenvalue weighted by atomic mass is 16.5. The van der Waals surface area contributed by atoms with Crippen LogP contribution in [-0.2, 0) is 16.1 Å². The summed E-state index contributed by atoms with van der Waals surface area (Å²) in [5.41, 5.74) is 0.925. The fourth-order valence-corrected chi connectivity index (χ4v) is 2.97. The summed E-state index contributed by atoms with van der Waals surface area (Å²) in [4.78, 5) is 25.6. The van der Waals surface area contributed by atoms with Crippen molar-refractivity contribution in [2.24, 2.45) is 0 Å². The van der Waals surface area contributed by atoms with Gasteiger partial charge in [0.05, 0.1) is 13.7 Å². The summed E-state index contributed by atoms with van der Waals surface area (Å²) in [7, 11) is 1.61. The smallest absolute Gasteiger partial charge is 0.239 e. The minimum Gasteiger partial charge on any atom is -0.496 e. The summed E-state index contributed by atoms with van der Waals surface area (Å²) in [5.74, 6) is 0.592. The van der Waals surface area contributed by atoms with Gasteiger partial charge in [0.25, 0.3) is 0 Å². The Morgan fingerprint density at radius 3 is 2.59 bits per heavy atom. The van der Waals surface area contributed by atoms with E-state index in [0.717, 1.165) is 37.0 Å². The van der Waals surface area contributed by atoms with Gasteiger partial charge >= 0.3 is 0 Å². The van der Waals surface area contributed by atoms with E-state index in [2.05, 4.69) is 5.32 Å². The van der Waals surface area contributed by atoms with Crippen molar-refractivity contribution in [1.29, 1.82) is 0 Å². The highest BCUT2D eigenvalue weighted by molar-refractivity contribution is 5.84. The number of amides is 2. The Balaban J connectivity index is 1.89. The number of nitrogens with one attached hydrogen (secondary N) is 1. The monoisotopic (exact) mass is 304 g/mol. The third-order valence-electron chi connectivity index (χ3n) is 4.15. The predicted octanol–water partition coefficient (Wildman–Crippen LogP) is 2.10. The van der Waals surface area contributed by atoms with Crippen molar-refractivity contribution in [3.05, 3.63) is 29.8 Å². The zero-order chi connectivity index (χ0) is 15.9. The predicted molar refractivity (Wildman–Crippen MR) is 84.5 cm³/mol. The molecule has 0 spiro atoms. The van der Waals surface area contributed by atoms with Crippen LogP contribution in [0.5, 0.6) is 5.75 Å². The molecular formula is C17H24N2O3. The molecule has 0 bridgehead atoms. The van der Waals surface area contributed by atoms with Crippen LogP contribution in [0.2, 0.25) is 0 Å². The molecule has 0 saturated heterocycles. The zero-order valence-corrected chi connectivity index (χ0v) is 13.3. The largest absolute Gasteiger partial charge is 0.496 e. The van der Waals surface area contributed by atoms with Crippen LogP contribution in [0, 0.1) is 0 Å². The SMILES string of the molecule is COc1ccccc1CNC(=O)CN(C(C)=O)C1CCCC1. The van der Waals surface area contributed by atoms with Crippen molar-refractivity contribution in [2.45, 2.75) is 45.2 Å². The van der Waals surface area contributed by atoms with Crippen LogP contribution >= 0.6 is 0 Å². The Morgan fingerprint density at radius 2 is 1.95 bits per heavy atom. The minimum atomic E-state index is -0.131. The molecule has 1 aliphatic rings. The normalized spacial score (nSPS) is 14.6. The van der Waals surface area contributed by atoms with E-state index in [1.165, 1.54) is 6.92 Å². The molecule has 1 aromatic rings. The molecule has 2 rings (SSSR count). The third kappa shape index (κ3) is 4.23. The van der Waals surface area contributed by atoms with Crippen LogP contribution in [-0.4, -0.2) is 36.4 Å². The lowest BCUT2D eigenvalue weighted by Gasteiger charge is -2.27. The fourth-order valence-electron chi connectivity index (χ4n) is 2.97. The van der Waals surface area contributed by atoms with Crippen LogP contribution in [0.4, 0.5) is 0 Å². The summed E-state index contributed by atoms with van der Waals surface area (Å²) >= 11 is 0. The Labute approximate surface area is 131 Å².